The van der Waals surface area contributed by atoms with Crippen molar-refractivity contribution in [3.63, 3.8) is 0 Å². The molecule has 0 aromatic heterocycles. The van der Waals surface area contributed by atoms with Crippen LogP contribution in [-0.2, 0) is 16.2 Å². The number of hydrazone groups is 1. The molecule has 0 aliphatic rings. The van der Waals surface area contributed by atoms with Gasteiger partial charge in [-0.2, -0.15) is 5.10 Å². The van der Waals surface area contributed by atoms with Gasteiger partial charge >= 0.3 is 11.8 Å². The molecule has 0 aliphatic heterocycles. The number of amides is 2. The molecule has 142 valence electrons. The number of halogens is 1. The first-order valence-electron chi connectivity index (χ1n) is 8.53. The van der Waals surface area contributed by atoms with Crippen molar-refractivity contribution in [1.29, 1.82) is 0 Å². The first-order chi connectivity index (χ1) is 13.6. The summed E-state index contributed by atoms with van der Waals surface area (Å²) >= 11 is 6.20. The van der Waals surface area contributed by atoms with Crippen molar-refractivity contribution >= 4 is 40.4 Å². The van der Waals surface area contributed by atoms with E-state index in [1.54, 1.807) is 6.07 Å². The van der Waals surface area contributed by atoms with E-state index in [9.17, 15) is 9.59 Å². The average Bonchev–Trinajstić information content (AvgIpc) is 2.73. The maximum Gasteiger partial charge on any atom is 0.329 e. The van der Waals surface area contributed by atoms with E-state index in [4.69, 9.17) is 16.3 Å². The van der Waals surface area contributed by atoms with Crippen LogP contribution >= 0.6 is 11.6 Å². The lowest BCUT2D eigenvalue weighted by atomic mass is 10.0. The average molecular weight is 396 g/mol. The van der Waals surface area contributed by atoms with Crippen LogP contribution in [0.4, 0.5) is 0 Å². The van der Waals surface area contributed by atoms with Crippen molar-refractivity contribution in [2.24, 2.45) is 5.10 Å². The van der Waals surface area contributed by atoms with Crippen LogP contribution in [0.3, 0.4) is 0 Å². The Labute approximate surface area is 167 Å². The molecule has 28 heavy (non-hydrogen) atoms. The highest BCUT2D eigenvalue weighted by Crippen LogP contribution is 2.28. The first kappa shape index (κ1) is 19.4. The molecule has 0 saturated heterocycles. The molecule has 6 nitrogen and oxygen atoms in total. The third kappa shape index (κ3) is 4.47. The van der Waals surface area contributed by atoms with E-state index in [0.717, 1.165) is 16.3 Å². The third-order valence-corrected chi connectivity index (χ3v) is 4.43. The molecule has 0 radical (unpaired) electrons. The minimum atomic E-state index is -0.850. The van der Waals surface area contributed by atoms with Gasteiger partial charge in [-0.3, -0.25) is 9.59 Å². The number of ether oxygens (including phenoxy) is 1. The molecular formula is C21H18ClN3O3. The number of carbonyl (C=O) groups is 2. The molecule has 0 unspecified atom stereocenters. The zero-order chi connectivity index (χ0) is 19.9. The zero-order valence-electron chi connectivity index (χ0n) is 15.1. The Bertz CT molecular complexity index is 1050. The molecule has 0 fully saturated rings. The topological polar surface area (TPSA) is 79.8 Å². The Balaban J connectivity index is 1.89. The minimum absolute atomic E-state index is 0.281. The number of nitrogens with one attached hydrogen (secondary N) is 2. The van der Waals surface area contributed by atoms with Crippen molar-refractivity contribution in [1.82, 2.24) is 10.7 Å². The van der Waals surface area contributed by atoms with Crippen LogP contribution in [0.2, 0.25) is 5.02 Å². The summed E-state index contributed by atoms with van der Waals surface area (Å²) in [6, 6.07) is 18.9. The molecule has 3 aromatic carbocycles. The quantitative estimate of drug-likeness (QED) is 0.395. The van der Waals surface area contributed by atoms with Gasteiger partial charge in [0, 0.05) is 23.2 Å². The molecule has 0 bridgehead atoms. The number of nitrogens with zero attached hydrogens (tertiary/aromatic N) is 1. The Morgan fingerprint density at radius 1 is 1.04 bits per heavy atom. The van der Waals surface area contributed by atoms with Crippen molar-refractivity contribution < 1.29 is 14.3 Å². The van der Waals surface area contributed by atoms with Gasteiger partial charge in [-0.05, 0) is 22.9 Å². The largest absolute Gasteiger partial charge is 0.488 e. The van der Waals surface area contributed by atoms with Gasteiger partial charge < -0.3 is 10.1 Å². The van der Waals surface area contributed by atoms with E-state index in [1.165, 1.54) is 13.3 Å². The summed E-state index contributed by atoms with van der Waals surface area (Å²) in [7, 11) is 1.37. The molecule has 0 heterocycles. The molecule has 3 aromatic rings. The van der Waals surface area contributed by atoms with E-state index in [-0.39, 0.29) is 6.61 Å². The second-order valence-electron chi connectivity index (χ2n) is 5.86. The molecular weight excluding hydrogens is 378 g/mol. The van der Waals surface area contributed by atoms with Gasteiger partial charge in [0.15, 0.2) is 0 Å². The Morgan fingerprint density at radius 3 is 2.57 bits per heavy atom. The van der Waals surface area contributed by atoms with Gasteiger partial charge in [0.25, 0.3) is 0 Å². The normalized spacial score (nSPS) is 10.8. The number of rotatable bonds is 5. The zero-order valence-corrected chi connectivity index (χ0v) is 15.9. The fourth-order valence-electron chi connectivity index (χ4n) is 2.63. The van der Waals surface area contributed by atoms with Crippen molar-refractivity contribution in [3.8, 4) is 5.75 Å². The summed E-state index contributed by atoms with van der Waals surface area (Å²) in [5.41, 5.74) is 3.74. The Kier molecular flexibility index (Phi) is 6.24. The van der Waals surface area contributed by atoms with Gasteiger partial charge in [0.05, 0.1) is 6.21 Å². The molecule has 2 N–H and O–H groups in total. The maximum absolute atomic E-state index is 11.6. The van der Waals surface area contributed by atoms with Gasteiger partial charge in [0.2, 0.25) is 0 Å². The number of carbonyl (C=O) groups excluding carboxylic acids is 2. The van der Waals surface area contributed by atoms with Crippen LogP contribution < -0.4 is 15.5 Å². The number of fused-ring (bicyclic) bond motifs is 1. The fraction of sp³-hybridized carbons (Fsp3) is 0.0952. The lowest BCUT2D eigenvalue weighted by Gasteiger charge is -2.12. The van der Waals surface area contributed by atoms with E-state index in [1.807, 2.05) is 54.6 Å². The summed E-state index contributed by atoms with van der Waals surface area (Å²) in [6.45, 7) is 0.281. The van der Waals surface area contributed by atoms with Crippen molar-refractivity contribution in [2.75, 3.05) is 7.05 Å². The monoisotopic (exact) mass is 395 g/mol. The summed E-state index contributed by atoms with van der Waals surface area (Å²) in [6.07, 6.45) is 1.46. The molecule has 0 spiro atoms. The standard InChI is InChI=1S/C21H18ClN3O3/c1-23-20(26)21(27)25-24-12-17-16-8-4-2-6-14(16)10-11-19(17)28-13-15-7-3-5-9-18(15)22/h2-12H,13H2,1H3,(H,23,26)(H,25,27)/b24-12-. The lowest BCUT2D eigenvalue weighted by molar-refractivity contribution is -0.138. The molecule has 0 atom stereocenters. The fourth-order valence-corrected chi connectivity index (χ4v) is 2.82. The van der Waals surface area contributed by atoms with Crippen LogP contribution in [0.1, 0.15) is 11.1 Å². The number of hydrogen-bond donors (Lipinski definition) is 2. The van der Waals surface area contributed by atoms with Crippen LogP contribution in [0.25, 0.3) is 10.8 Å². The van der Waals surface area contributed by atoms with Crippen LogP contribution in [0.5, 0.6) is 5.75 Å². The van der Waals surface area contributed by atoms with Gasteiger partial charge in [-0.25, -0.2) is 5.43 Å². The molecule has 3 rings (SSSR count). The SMILES string of the molecule is CNC(=O)C(=O)N/N=C\c1c(OCc2ccccc2Cl)ccc2ccccc12. The van der Waals surface area contributed by atoms with Crippen molar-refractivity contribution in [2.45, 2.75) is 6.61 Å². The van der Waals surface area contributed by atoms with E-state index < -0.39 is 11.8 Å². The van der Waals surface area contributed by atoms with Crippen LogP contribution in [0.15, 0.2) is 65.8 Å². The van der Waals surface area contributed by atoms with E-state index in [2.05, 4.69) is 15.8 Å². The van der Waals surface area contributed by atoms with Gasteiger partial charge in [0.1, 0.15) is 12.4 Å². The Morgan fingerprint density at radius 2 is 1.79 bits per heavy atom. The predicted molar refractivity (Wildman–Crippen MR) is 110 cm³/mol. The van der Waals surface area contributed by atoms with Gasteiger partial charge in [-0.1, -0.05) is 60.1 Å². The second kappa shape index (κ2) is 9.01. The van der Waals surface area contributed by atoms with Crippen LogP contribution in [0, 0.1) is 0 Å². The highest BCUT2D eigenvalue weighted by Gasteiger charge is 2.11. The number of likely N-dealkylation sites (N-methyl/N-ethyl adjacent to an activating group) is 1. The van der Waals surface area contributed by atoms with E-state index >= 15 is 0 Å². The number of benzene rings is 3. The minimum Gasteiger partial charge on any atom is -0.488 e. The van der Waals surface area contributed by atoms with Crippen LogP contribution in [-0.4, -0.2) is 25.1 Å². The third-order valence-electron chi connectivity index (χ3n) is 4.06. The molecule has 0 aliphatic carbocycles. The summed E-state index contributed by atoms with van der Waals surface area (Å²) in [5, 5.41) is 8.65. The smallest absolute Gasteiger partial charge is 0.329 e. The first-order valence-corrected chi connectivity index (χ1v) is 8.91. The van der Waals surface area contributed by atoms with Crippen molar-refractivity contribution in [3.05, 3.63) is 76.8 Å². The second-order valence-corrected chi connectivity index (χ2v) is 6.26. The molecule has 0 saturated carbocycles. The highest BCUT2D eigenvalue weighted by atomic mass is 35.5. The Hall–Kier alpha value is -3.38. The van der Waals surface area contributed by atoms with E-state index in [0.29, 0.717) is 16.3 Å². The molecule has 7 heteroatoms. The summed E-state index contributed by atoms with van der Waals surface area (Å²) in [5.74, 6) is -1.04. The molecule has 2 amide bonds. The highest BCUT2D eigenvalue weighted by molar-refractivity contribution is 6.35. The summed E-state index contributed by atoms with van der Waals surface area (Å²) in [4.78, 5) is 22.9. The summed E-state index contributed by atoms with van der Waals surface area (Å²) < 4.78 is 5.97. The lowest BCUT2D eigenvalue weighted by Crippen LogP contribution is -2.35. The predicted octanol–water partition coefficient (Wildman–Crippen LogP) is 3.27. The number of hydrogen-bond acceptors (Lipinski definition) is 4. The maximum atomic E-state index is 11.6. The van der Waals surface area contributed by atoms with Gasteiger partial charge in [-0.15, -0.1) is 0 Å².